The molecule has 69 heavy (non-hydrogen) atoms. The third-order valence-electron chi connectivity index (χ3n) is 13.8. The second-order valence-corrected chi connectivity index (χ2v) is 18.6. The molecule has 2 aromatic heterocycles. The summed E-state index contributed by atoms with van der Waals surface area (Å²) in [5, 5.41) is 24.2. The third-order valence-corrected chi connectivity index (χ3v) is 13.8. The highest BCUT2D eigenvalue weighted by atomic mass is 16.5. The van der Waals surface area contributed by atoms with E-state index in [-0.39, 0.29) is 41.6 Å². The second-order valence-electron chi connectivity index (χ2n) is 18.6. The Bertz CT molecular complexity index is 2640. The topological polar surface area (TPSA) is 199 Å². The van der Waals surface area contributed by atoms with Crippen molar-refractivity contribution in [2.45, 2.75) is 95.7 Å². The number of aromatic nitrogens is 3. The number of carbonyl (C=O) groups excluding carboxylic acids is 4. The molecule has 3 fully saturated rings. The molecule has 4 aliphatic rings. The van der Waals surface area contributed by atoms with Gasteiger partial charge in [-0.25, -0.2) is 0 Å². The Balaban J connectivity index is 0.635. The summed E-state index contributed by atoms with van der Waals surface area (Å²) in [5.74, 6) is -1.22. The summed E-state index contributed by atoms with van der Waals surface area (Å²) in [6.07, 6.45) is 13.4. The van der Waals surface area contributed by atoms with Gasteiger partial charge < -0.3 is 30.7 Å². The number of piperidine rings is 2. The van der Waals surface area contributed by atoms with E-state index in [1.54, 1.807) is 42.5 Å². The van der Waals surface area contributed by atoms with Crippen molar-refractivity contribution in [2.24, 2.45) is 0 Å². The van der Waals surface area contributed by atoms with Crippen LogP contribution in [0.4, 0.5) is 22.9 Å². The maximum atomic E-state index is 13.5. The summed E-state index contributed by atoms with van der Waals surface area (Å²) < 4.78 is 6.40. The van der Waals surface area contributed by atoms with Crippen LogP contribution in [0.5, 0.6) is 11.5 Å². The molecule has 16 heteroatoms. The van der Waals surface area contributed by atoms with Crippen LogP contribution >= 0.6 is 0 Å². The van der Waals surface area contributed by atoms with Crippen molar-refractivity contribution < 1.29 is 29.0 Å². The number of nitrogens with zero attached hydrogens (tertiary/aromatic N) is 7. The number of anilines is 4. The van der Waals surface area contributed by atoms with E-state index in [4.69, 9.17) is 10.5 Å². The predicted molar refractivity (Wildman–Crippen MR) is 265 cm³/mol. The fourth-order valence-electron chi connectivity index (χ4n) is 10.0. The van der Waals surface area contributed by atoms with Gasteiger partial charge in [-0.3, -0.25) is 39.3 Å². The fourth-order valence-corrected chi connectivity index (χ4v) is 10.0. The summed E-state index contributed by atoms with van der Waals surface area (Å²) >= 11 is 0. The normalized spacial score (nSPS) is 18.6. The molecule has 0 bridgehead atoms. The highest BCUT2D eigenvalue weighted by Gasteiger charge is 2.45. The Morgan fingerprint density at radius 1 is 0.754 bits per heavy atom. The average molecular weight is 935 g/mol. The number of unbranched alkanes of at least 4 members (excludes halogenated alkanes) is 6. The van der Waals surface area contributed by atoms with Gasteiger partial charge in [-0.2, -0.15) is 0 Å². The molecule has 2 atom stereocenters. The van der Waals surface area contributed by atoms with E-state index in [9.17, 15) is 24.3 Å². The number of aromatic hydroxyl groups is 1. The summed E-state index contributed by atoms with van der Waals surface area (Å²) in [6, 6.07) is 26.0. The molecule has 3 aromatic carbocycles. The molecule has 4 aliphatic heterocycles. The first-order valence-electron chi connectivity index (χ1n) is 24.6. The number of nitrogen functional groups attached to an aromatic ring is 1. The summed E-state index contributed by atoms with van der Waals surface area (Å²) in [4.78, 5) is 63.8. The van der Waals surface area contributed by atoms with Gasteiger partial charge in [-0.05, 0) is 111 Å². The molecule has 5 aromatic rings. The number of hydrogen-bond acceptors (Lipinski definition) is 14. The number of ether oxygens (including phenoxy) is 1. The molecule has 4 amide bonds. The summed E-state index contributed by atoms with van der Waals surface area (Å²) in [5.41, 5.74) is 12.8. The van der Waals surface area contributed by atoms with Gasteiger partial charge in [0.2, 0.25) is 11.8 Å². The minimum atomic E-state index is -1.00. The molecule has 3 saturated heterocycles. The van der Waals surface area contributed by atoms with Gasteiger partial charge in [0.1, 0.15) is 23.6 Å². The van der Waals surface area contributed by atoms with Gasteiger partial charge >= 0.3 is 0 Å². The lowest BCUT2D eigenvalue weighted by atomic mass is 10.0. The molecule has 2 unspecified atom stereocenters. The van der Waals surface area contributed by atoms with Crippen molar-refractivity contribution >= 4 is 46.5 Å². The van der Waals surface area contributed by atoms with Crippen LogP contribution in [0, 0.1) is 0 Å². The zero-order valence-electron chi connectivity index (χ0n) is 39.2. The molecule has 0 saturated carbocycles. The van der Waals surface area contributed by atoms with E-state index < -0.39 is 29.7 Å². The number of nitrogens with two attached hydrogens (primary N) is 1. The number of hydrogen-bond donors (Lipinski definition) is 4. The molecular formula is C53H62N10O6. The maximum absolute atomic E-state index is 13.5. The van der Waals surface area contributed by atoms with Crippen LogP contribution in [0.3, 0.4) is 0 Å². The molecule has 360 valence electrons. The van der Waals surface area contributed by atoms with E-state index in [2.05, 4.69) is 76.9 Å². The number of piperazine rings is 1. The van der Waals surface area contributed by atoms with Crippen molar-refractivity contribution in [1.29, 1.82) is 0 Å². The number of fused-ring (bicyclic) bond motifs is 1. The number of pyridine rings is 1. The number of amides is 4. The number of rotatable bonds is 19. The number of carbonyl (C=O) groups is 4. The Hall–Kier alpha value is -7.07. The van der Waals surface area contributed by atoms with Crippen LogP contribution in [0.25, 0.3) is 11.3 Å². The lowest BCUT2D eigenvalue weighted by Gasteiger charge is -2.37. The Morgan fingerprint density at radius 3 is 2.28 bits per heavy atom. The Kier molecular flexibility index (Phi) is 14.9. The SMILES string of the molecule is Nc1nnc(-c2ccccc2O)cc1OC1CCCN(c2ccc(N3CCN(CCCCCCCCCc4ccnc(CNc5cccc6c5C(=O)N(C5CCC(=O)NC5=O)C6=O)c4)CC3)cc2)C1. The standard InChI is InChI=1S/C53H62N10O6/c54-50-47(33-44(58-59-50)41-14-7-8-17-46(41)64)69-40-13-11-27-62(35-40)39-20-18-38(19-21-39)61-30-28-60(29-31-61)26-9-5-3-1-2-4-6-12-36-24-25-55-37(32-36)34-56-43-16-10-15-42-49(43)53(68)63(52(42)67)45-22-23-48(65)57-51(45)66/h7-8,10,14-21,24-25,32-33,40,45,56,64H,1-6,9,11-13,22-23,26-31,34-35H2,(H2,54,59)(H,57,65,66). The third kappa shape index (κ3) is 11.3. The van der Waals surface area contributed by atoms with Crippen molar-refractivity contribution in [1.82, 2.24) is 30.3 Å². The molecule has 5 N–H and O–H groups in total. The first kappa shape index (κ1) is 47.0. The smallest absolute Gasteiger partial charge is 0.264 e. The zero-order chi connectivity index (χ0) is 47.7. The minimum absolute atomic E-state index is 0.0482. The number of phenols is 1. The molecule has 0 radical (unpaired) electrons. The van der Waals surface area contributed by atoms with Crippen LogP contribution in [0.15, 0.2) is 91.1 Å². The molecule has 0 aliphatic carbocycles. The quantitative estimate of drug-likeness (QED) is 0.0488. The number of phenolic OH excluding ortho intramolecular Hbond substituents is 1. The van der Waals surface area contributed by atoms with Crippen molar-refractivity contribution in [3.63, 3.8) is 0 Å². The van der Waals surface area contributed by atoms with Crippen LogP contribution < -0.4 is 30.9 Å². The van der Waals surface area contributed by atoms with Gasteiger partial charge in [0.25, 0.3) is 11.8 Å². The Morgan fingerprint density at radius 2 is 1.49 bits per heavy atom. The maximum Gasteiger partial charge on any atom is 0.264 e. The molecule has 0 spiro atoms. The largest absolute Gasteiger partial charge is 0.507 e. The predicted octanol–water partition coefficient (Wildman–Crippen LogP) is 6.98. The fraction of sp³-hybridized carbons (Fsp3) is 0.415. The lowest BCUT2D eigenvalue weighted by Crippen LogP contribution is -2.54. The number of benzene rings is 3. The number of nitrogens with one attached hydrogen (secondary N) is 2. The highest BCUT2D eigenvalue weighted by Crippen LogP contribution is 2.34. The molecular weight excluding hydrogens is 873 g/mol. The summed E-state index contributed by atoms with van der Waals surface area (Å²) in [6.45, 7) is 7.47. The minimum Gasteiger partial charge on any atom is -0.507 e. The first-order valence-corrected chi connectivity index (χ1v) is 24.6. The van der Waals surface area contributed by atoms with Gasteiger partial charge in [0.15, 0.2) is 11.6 Å². The molecule has 9 rings (SSSR count). The molecule has 16 nitrogen and oxygen atoms in total. The van der Waals surface area contributed by atoms with Crippen LogP contribution in [0.1, 0.15) is 103 Å². The van der Waals surface area contributed by atoms with E-state index >= 15 is 0 Å². The van der Waals surface area contributed by atoms with Crippen LogP contribution in [-0.4, -0.2) is 112 Å². The zero-order valence-corrected chi connectivity index (χ0v) is 39.2. The van der Waals surface area contributed by atoms with Crippen LogP contribution in [-0.2, 0) is 22.6 Å². The monoisotopic (exact) mass is 934 g/mol. The van der Waals surface area contributed by atoms with E-state index in [0.29, 0.717) is 29.2 Å². The number of aryl methyl sites for hydroxylation is 1. The van der Waals surface area contributed by atoms with Gasteiger partial charge in [-0.1, -0.05) is 50.3 Å². The van der Waals surface area contributed by atoms with E-state index in [1.807, 2.05) is 12.3 Å². The summed E-state index contributed by atoms with van der Waals surface area (Å²) in [7, 11) is 0. The van der Waals surface area contributed by atoms with E-state index in [1.165, 1.54) is 55.5 Å². The lowest BCUT2D eigenvalue weighted by molar-refractivity contribution is -0.136. The van der Waals surface area contributed by atoms with Crippen molar-refractivity contribution in [3.05, 3.63) is 114 Å². The average Bonchev–Trinajstić information content (AvgIpc) is 3.62. The van der Waals surface area contributed by atoms with Gasteiger partial charge in [0, 0.05) is 74.0 Å². The Labute approximate surface area is 403 Å². The van der Waals surface area contributed by atoms with Crippen molar-refractivity contribution in [2.75, 3.05) is 66.7 Å². The second kappa shape index (κ2) is 21.9. The van der Waals surface area contributed by atoms with Gasteiger partial charge in [0.05, 0.1) is 29.9 Å². The molecule has 6 heterocycles. The number of para-hydroxylation sites is 1. The highest BCUT2D eigenvalue weighted by molar-refractivity contribution is 6.25. The van der Waals surface area contributed by atoms with E-state index in [0.717, 1.165) is 82.1 Å². The number of imide groups is 2. The first-order chi connectivity index (χ1) is 33.7. The van der Waals surface area contributed by atoms with Crippen molar-refractivity contribution in [3.8, 4) is 22.8 Å². The van der Waals surface area contributed by atoms with Crippen LogP contribution in [0.2, 0.25) is 0 Å². The van der Waals surface area contributed by atoms with Gasteiger partial charge in [-0.15, -0.1) is 10.2 Å².